The summed E-state index contributed by atoms with van der Waals surface area (Å²) in [7, 11) is 0. The van der Waals surface area contributed by atoms with Crippen LogP contribution in [-0.4, -0.2) is 151 Å². The van der Waals surface area contributed by atoms with Crippen molar-refractivity contribution in [3.63, 3.8) is 0 Å². The van der Waals surface area contributed by atoms with Gasteiger partial charge >= 0.3 is 12.1 Å². The summed E-state index contributed by atoms with van der Waals surface area (Å²) < 4.78 is 105. The highest BCUT2D eigenvalue weighted by atomic mass is 19.4. The van der Waals surface area contributed by atoms with Crippen molar-refractivity contribution in [2.75, 3.05) is 144 Å². The van der Waals surface area contributed by atoms with Gasteiger partial charge in [0.15, 0.2) is 6.29 Å². The fourth-order valence-electron chi connectivity index (χ4n) is 4.91. The Kier molecular flexibility index (Phi) is 26.3. The number of hydrogen-bond acceptors (Lipinski definition) is 14. The second-order valence-electron chi connectivity index (χ2n) is 12.1. The Morgan fingerprint density at radius 1 is 0.589 bits per heavy atom. The second-order valence-corrected chi connectivity index (χ2v) is 12.1. The molecule has 2 aromatic carbocycles. The van der Waals surface area contributed by atoms with E-state index in [-0.39, 0.29) is 30.8 Å². The van der Waals surface area contributed by atoms with Crippen molar-refractivity contribution in [3.05, 3.63) is 59.7 Å². The van der Waals surface area contributed by atoms with E-state index in [1.807, 2.05) is 0 Å². The molecule has 1 unspecified atom stereocenters. The van der Waals surface area contributed by atoms with Crippen LogP contribution in [0.15, 0.2) is 48.5 Å². The van der Waals surface area contributed by atoms with Crippen LogP contribution >= 0.6 is 0 Å². The standard InChI is InChI=1S/C39H58F3NO13/c40-39(41,42)33-6-5-7-34(32-33)43-36-9-2-1-8-35(36)38(44)56-31-29-53-27-25-51-23-21-49-19-17-47-15-13-45-12-14-46-16-18-48-20-22-50-24-26-52-28-30-55-37-10-3-4-11-54-37/h1-2,5-9,32,37,43H,3-4,10-31H2. The molecule has 3 rings (SSSR count). The van der Waals surface area contributed by atoms with Crippen molar-refractivity contribution in [3.8, 4) is 0 Å². The molecule has 1 saturated heterocycles. The molecule has 0 amide bonds. The van der Waals surface area contributed by atoms with Gasteiger partial charge in [-0.15, -0.1) is 0 Å². The number of nitrogens with one attached hydrogen (secondary N) is 1. The fraction of sp³-hybridized carbons (Fsp3) is 0.667. The van der Waals surface area contributed by atoms with Crippen LogP contribution in [0.4, 0.5) is 24.5 Å². The van der Waals surface area contributed by atoms with Gasteiger partial charge in [0.05, 0.1) is 142 Å². The minimum absolute atomic E-state index is 0.00220. The minimum Gasteiger partial charge on any atom is -0.460 e. The van der Waals surface area contributed by atoms with Crippen molar-refractivity contribution in [2.45, 2.75) is 31.7 Å². The third-order valence-electron chi connectivity index (χ3n) is 7.72. The summed E-state index contributed by atoms with van der Waals surface area (Å²) in [5, 5.41) is 2.86. The Bertz CT molecular complexity index is 1270. The minimum atomic E-state index is -4.48. The summed E-state index contributed by atoms with van der Waals surface area (Å²) in [5.74, 6) is -0.629. The number of benzene rings is 2. The van der Waals surface area contributed by atoms with Crippen LogP contribution in [0.1, 0.15) is 35.2 Å². The lowest BCUT2D eigenvalue weighted by Gasteiger charge is -2.22. The van der Waals surface area contributed by atoms with Gasteiger partial charge in [-0.25, -0.2) is 4.79 Å². The first-order chi connectivity index (χ1) is 27.4. The van der Waals surface area contributed by atoms with Crippen LogP contribution in [0, 0.1) is 0 Å². The number of para-hydroxylation sites is 1. The average molecular weight is 806 g/mol. The van der Waals surface area contributed by atoms with Gasteiger partial charge in [-0.2, -0.15) is 13.2 Å². The summed E-state index contributed by atoms with van der Waals surface area (Å²) in [6.45, 7) is 9.10. The lowest BCUT2D eigenvalue weighted by atomic mass is 10.1. The van der Waals surface area contributed by atoms with E-state index in [0.717, 1.165) is 38.0 Å². The van der Waals surface area contributed by atoms with Gasteiger partial charge in [-0.3, -0.25) is 0 Å². The molecule has 0 bridgehead atoms. The summed E-state index contributed by atoms with van der Waals surface area (Å²) in [4.78, 5) is 12.6. The molecule has 1 atom stereocenters. The molecular formula is C39H58F3NO13. The zero-order chi connectivity index (χ0) is 39.8. The first kappa shape index (κ1) is 47.4. The van der Waals surface area contributed by atoms with E-state index < -0.39 is 17.7 Å². The van der Waals surface area contributed by atoms with E-state index in [9.17, 15) is 18.0 Å². The van der Waals surface area contributed by atoms with E-state index in [4.69, 9.17) is 56.8 Å². The number of ether oxygens (including phenoxy) is 12. The third kappa shape index (κ3) is 23.3. The number of hydrogen-bond donors (Lipinski definition) is 1. The third-order valence-corrected chi connectivity index (χ3v) is 7.72. The maximum absolute atomic E-state index is 13.1. The predicted octanol–water partition coefficient (Wildman–Crippen LogP) is 5.30. The van der Waals surface area contributed by atoms with Crippen molar-refractivity contribution < 1.29 is 74.8 Å². The Balaban J connectivity index is 0.991. The molecule has 0 saturated carbocycles. The normalized spacial score (nSPS) is 14.6. The van der Waals surface area contributed by atoms with E-state index in [1.54, 1.807) is 18.2 Å². The average Bonchev–Trinajstić information content (AvgIpc) is 3.20. The first-order valence-electron chi connectivity index (χ1n) is 19.1. The summed E-state index contributed by atoms with van der Waals surface area (Å²) >= 11 is 0. The molecule has 0 aromatic heterocycles. The molecule has 1 aliphatic heterocycles. The molecule has 318 valence electrons. The molecule has 2 aromatic rings. The molecule has 1 fully saturated rings. The number of carbonyl (C=O) groups is 1. The Hall–Kier alpha value is -2.94. The van der Waals surface area contributed by atoms with Gasteiger partial charge in [0.2, 0.25) is 0 Å². The summed E-state index contributed by atoms with van der Waals surface area (Å²) in [5.41, 5.74) is -0.0910. The van der Waals surface area contributed by atoms with Crippen LogP contribution in [0.2, 0.25) is 0 Å². The second kappa shape index (κ2) is 31.1. The SMILES string of the molecule is O=C(OCCOCCOCCOCCOCCOCCOCCOCCOCCOCCOC1CCCCO1)c1ccccc1Nc1cccc(C(F)(F)F)c1. The molecule has 1 N–H and O–H groups in total. The molecule has 0 radical (unpaired) electrons. The first-order valence-corrected chi connectivity index (χ1v) is 19.1. The number of esters is 1. The van der Waals surface area contributed by atoms with E-state index in [2.05, 4.69) is 5.32 Å². The number of alkyl halides is 3. The van der Waals surface area contributed by atoms with E-state index >= 15 is 0 Å². The monoisotopic (exact) mass is 805 g/mol. The van der Waals surface area contributed by atoms with Crippen molar-refractivity contribution >= 4 is 17.3 Å². The Morgan fingerprint density at radius 2 is 1.05 bits per heavy atom. The summed E-state index contributed by atoms with van der Waals surface area (Å²) in [6.07, 6.45) is -1.35. The zero-order valence-corrected chi connectivity index (χ0v) is 32.1. The van der Waals surface area contributed by atoms with E-state index in [1.165, 1.54) is 18.2 Å². The zero-order valence-electron chi connectivity index (χ0n) is 32.1. The maximum atomic E-state index is 13.1. The van der Waals surface area contributed by atoms with Crippen LogP contribution in [0.3, 0.4) is 0 Å². The van der Waals surface area contributed by atoms with Crippen LogP contribution < -0.4 is 5.32 Å². The molecule has 14 nitrogen and oxygen atoms in total. The van der Waals surface area contributed by atoms with Crippen LogP contribution in [0.25, 0.3) is 0 Å². The number of anilines is 2. The number of halogens is 3. The topological polar surface area (TPSA) is 140 Å². The molecule has 17 heteroatoms. The fourth-order valence-corrected chi connectivity index (χ4v) is 4.91. The quantitative estimate of drug-likeness (QED) is 0.0723. The highest BCUT2D eigenvalue weighted by molar-refractivity contribution is 5.96. The molecule has 0 aliphatic carbocycles. The predicted molar refractivity (Wildman–Crippen MR) is 198 cm³/mol. The lowest BCUT2D eigenvalue weighted by molar-refractivity contribution is -0.169. The maximum Gasteiger partial charge on any atom is 0.416 e. The van der Waals surface area contributed by atoms with Gasteiger partial charge in [0.25, 0.3) is 0 Å². The van der Waals surface area contributed by atoms with Gasteiger partial charge in [-0.1, -0.05) is 18.2 Å². The van der Waals surface area contributed by atoms with Crippen molar-refractivity contribution in [2.24, 2.45) is 0 Å². The number of rotatable bonds is 34. The van der Waals surface area contributed by atoms with Gasteiger partial charge in [-0.05, 0) is 49.6 Å². The molecule has 1 aliphatic rings. The largest absolute Gasteiger partial charge is 0.460 e. The molecule has 56 heavy (non-hydrogen) atoms. The van der Waals surface area contributed by atoms with Crippen molar-refractivity contribution in [1.29, 1.82) is 0 Å². The molecule has 0 spiro atoms. The van der Waals surface area contributed by atoms with Crippen LogP contribution in [-0.2, 0) is 63.0 Å². The van der Waals surface area contributed by atoms with E-state index in [0.29, 0.717) is 125 Å². The lowest BCUT2D eigenvalue weighted by Crippen LogP contribution is -2.24. The smallest absolute Gasteiger partial charge is 0.416 e. The number of carbonyl (C=O) groups excluding carboxylic acids is 1. The van der Waals surface area contributed by atoms with Crippen molar-refractivity contribution in [1.82, 2.24) is 0 Å². The Labute approximate surface area is 327 Å². The van der Waals surface area contributed by atoms with Crippen LogP contribution in [0.5, 0.6) is 0 Å². The highest BCUT2D eigenvalue weighted by Crippen LogP contribution is 2.32. The van der Waals surface area contributed by atoms with Gasteiger partial charge in [0.1, 0.15) is 6.61 Å². The highest BCUT2D eigenvalue weighted by Gasteiger charge is 2.30. The van der Waals surface area contributed by atoms with Gasteiger partial charge < -0.3 is 62.2 Å². The summed E-state index contributed by atoms with van der Waals surface area (Å²) in [6, 6.07) is 11.1. The molecule has 1 heterocycles. The van der Waals surface area contributed by atoms with Gasteiger partial charge in [0, 0.05) is 12.3 Å². The molecular weight excluding hydrogens is 747 g/mol. The Morgan fingerprint density at radius 3 is 1.52 bits per heavy atom.